The Kier molecular flexibility index (Phi) is 4.23. The van der Waals surface area contributed by atoms with Gasteiger partial charge in [-0.25, -0.2) is 0 Å². The Hall–Kier alpha value is -0.0551. The standard InChI is InChI=1S/C9H17BO3/c1-6(2)12-7-4-9(10)13-8(7)5-11-3/h6-9H,4-5H2,1-3H3/t7-,8-,9-/m1/s1. The van der Waals surface area contributed by atoms with Gasteiger partial charge < -0.3 is 14.2 Å². The van der Waals surface area contributed by atoms with Crippen LogP contribution in [0.2, 0.25) is 0 Å². The van der Waals surface area contributed by atoms with Crippen molar-refractivity contribution in [1.82, 2.24) is 0 Å². The van der Waals surface area contributed by atoms with E-state index in [1.54, 1.807) is 7.11 Å². The van der Waals surface area contributed by atoms with Crippen molar-refractivity contribution in [2.75, 3.05) is 13.7 Å². The van der Waals surface area contributed by atoms with Crippen LogP contribution in [0.3, 0.4) is 0 Å². The lowest BCUT2D eigenvalue weighted by molar-refractivity contribution is -0.0648. The van der Waals surface area contributed by atoms with Crippen molar-refractivity contribution in [2.24, 2.45) is 0 Å². The van der Waals surface area contributed by atoms with Crippen molar-refractivity contribution in [3.05, 3.63) is 0 Å². The normalized spacial score (nSPS) is 34.3. The third kappa shape index (κ3) is 3.29. The molecule has 1 aliphatic heterocycles. The summed E-state index contributed by atoms with van der Waals surface area (Å²) in [6.07, 6.45) is 1.03. The molecule has 3 nitrogen and oxygen atoms in total. The van der Waals surface area contributed by atoms with Crippen molar-refractivity contribution in [3.63, 3.8) is 0 Å². The monoisotopic (exact) mass is 184 g/mol. The first-order valence-electron chi connectivity index (χ1n) is 4.69. The van der Waals surface area contributed by atoms with E-state index in [9.17, 15) is 0 Å². The summed E-state index contributed by atoms with van der Waals surface area (Å²) in [5.74, 6) is 0. The van der Waals surface area contributed by atoms with Gasteiger partial charge in [-0.15, -0.1) is 0 Å². The summed E-state index contributed by atoms with van der Waals surface area (Å²) in [6, 6.07) is -0.205. The lowest BCUT2D eigenvalue weighted by Gasteiger charge is -2.20. The third-order valence-corrected chi connectivity index (χ3v) is 2.01. The minimum atomic E-state index is -0.205. The molecule has 1 saturated heterocycles. The molecule has 0 aromatic carbocycles. The number of hydrogen-bond acceptors (Lipinski definition) is 3. The molecule has 1 aliphatic rings. The summed E-state index contributed by atoms with van der Waals surface area (Å²) in [5.41, 5.74) is 0. The predicted molar refractivity (Wildman–Crippen MR) is 50.9 cm³/mol. The van der Waals surface area contributed by atoms with Crippen molar-refractivity contribution in [1.29, 1.82) is 0 Å². The maximum atomic E-state index is 5.66. The number of rotatable bonds is 4. The summed E-state index contributed by atoms with van der Waals surface area (Å²) in [6.45, 7) is 4.56. The van der Waals surface area contributed by atoms with Crippen LogP contribution in [0, 0.1) is 0 Å². The molecule has 2 radical (unpaired) electrons. The van der Waals surface area contributed by atoms with Crippen LogP contribution < -0.4 is 0 Å². The van der Waals surface area contributed by atoms with Crippen molar-refractivity contribution < 1.29 is 14.2 Å². The van der Waals surface area contributed by atoms with Gasteiger partial charge in [-0.2, -0.15) is 0 Å². The lowest BCUT2D eigenvalue weighted by atomic mass is 9.96. The predicted octanol–water partition coefficient (Wildman–Crippen LogP) is 0.710. The summed E-state index contributed by atoms with van der Waals surface area (Å²) < 4.78 is 16.1. The zero-order valence-corrected chi connectivity index (χ0v) is 8.53. The molecule has 1 rings (SSSR count). The molecule has 0 bridgehead atoms. The lowest BCUT2D eigenvalue weighted by Crippen LogP contribution is -2.30. The molecule has 13 heavy (non-hydrogen) atoms. The highest BCUT2D eigenvalue weighted by Gasteiger charge is 2.33. The number of methoxy groups -OCH3 is 1. The number of hydrogen-bond donors (Lipinski definition) is 0. The SMILES string of the molecule is [B][C@H]1C[C@@H](OC(C)C)[C@@H](COC)O1. The molecule has 0 unspecified atom stereocenters. The second-order valence-electron chi connectivity index (χ2n) is 3.63. The summed E-state index contributed by atoms with van der Waals surface area (Å²) >= 11 is 0. The van der Waals surface area contributed by atoms with Crippen LogP contribution in [0.15, 0.2) is 0 Å². The zero-order chi connectivity index (χ0) is 9.84. The van der Waals surface area contributed by atoms with E-state index in [-0.39, 0.29) is 24.3 Å². The van der Waals surface area contributed by atoms with Gasteiger partial charge in [-0.05, 0) is 20.3 Å². The van der Waals surface area contributed by atoms with Gasteiger partial charge in [0.25, 0.3) is 0 Å². The largest absolute Gasteiger partial charge is 0.382 e. The molecule has 4 heteroatoms. The molecular weight excluding hydrogens is 167 g/mol. The molecule has 3 atom stereocenters. The topological polar surface area (TPSA) is 27.7 Å². The van der Waals surface area contributed by atoms with E-state index < -0.39 is 0 Å². The Labute approximate surface area is 81.1 Å². The van der Waals surface area contributed by atoms with E-state index in [4.69, 9.17) is 22.1 Å². The Balaban J connectivity index is 2.40. The highest BCUT2D eigenvalue weighted by atomic mass is 16.6. The molecule has 1 fully saturated rings. The zero-order valence-electron chi connectivity index (χ0n) is 8.53. The quantitative estimate of drug-likeness (QED) is 0.602. The first-order chi connectivity index (χ1) is 6.13. The first kappa shape index (κ1) is 11.0. The second kappa shape index (κ2) is 4.98. The Morgan fingerprint density at radius 2 is 2.23 bits per heavy atom. The molecule has 0 aromatic heterocycles. The fourth-order valence-corrected chi connectivity index (χ4v) is 1.55. The summed E-state index contributed by atoms with van der Waals surface area (Å²) in [5, 5.41) is 0. The van der Waals surface area contributed by atoms with E-state index >= 15 is 0 Å². The highest BCUT2D eigenvalue weighted by Crippen LogP contribution is 2.22. The third-order valence-electron chi connectivity index (χ3n) is 2.01. The summed E-state index contributed by atoms with van der Waals surface area (Å²) in [7, 11) is 7.32. The maximum absolute atomic E-state index is 5.66. The average molecular weight is 184 g/mol. The molecule has 0 N–H and O–H groups in total. The fraction of sp³-hybridized carbons (Fsp3) is 1.00. The van der Waals surface area contributed by atoms with Crippen LogP contribution in [0.25, 0.3) is 0 Å². The molecule has 0 aromatic rings. The Morgan fingerprint density at radius 3 is 2.77 bits per heavy atom. The van der Waals surface area contributed by atoms with Crippen molar-refractivity contribution >= 4 is 7.85 Å². The van der Waals surface area contributed by atoms with E-state index in [2.05, 4.69) is 0 Å². The van der Waals surface area contributed by atoms with Gasteiger partial charge in [0, 0.05) is 13.1 Å². The van der Waals surface area contributed by atoms with E-state index in [1.807, 2.05) is 13.8 Å². The van der Waals surface area contributed by atoms with Gasteiger partial charge in [0.2, 0.25) is 0 Å². The maximum Gasteiger partial charge on any atom is 0.109 e. The van der Waals surface area contributed by atoms with Gasteiger partial charge >= 0.3 is 0 Å². The second-order valence-corrected chi connectivity index (χ2v) is 3.63. The molecule has 74 valence electrons. The summed E-state index contributed by atoms with van der Waals surface area (Å²) in [4.78, 5) is 0. The van der Waals surface area contributed by atoms with E-state index in [1.165, 1.54) is 0 Å². The van der Waals surface area contributed by atoms with Gasteiger partial charge in [0.1, 0.15) is 14.0 Å². The first-order valence-corrected chi connectivity index (χ1v) is 4.69. The Bertz CT molecular complexity index is 152. The van der Waals surface area contributed by atoms with Crippen LogP contribution in [0.4, 0.5) is 0 Å². The average Bonchev–Trinajstić information content (AvgIpc) is 2.31. The van der Waals surface area contributed by atoms with Gasteiger partial charge in [0.05, 0.1) is 18.8 Å². The fourth-order valence-electron chi connectivity index (χ4n) is 1.55. The van der Waals surface area contributed by atoms with Crippen LogP contribution in [0.1, 0.15) is 20.3 Å². The van der Waals surface area contributed by atoms with Crippen LogP contribution in [-0.2, 0) is 14.2 Å². The molecule has 0 aliphatic carbocycles. The molecule has 0 spiro atoms. The van der Waals surface area contributed by atoms with Crippen LogP contribution in [0.5, 0.6) is 0 Å². The highest BCUT2D eigenvalue weighted by molar-refractivity contribution is 6.11. The van der Waals surface area contributed by atoms with Crippen LogP contribution in [-0.4, -0.2) is 45.9 Å². The van der Waals surface area contributed by atoms with Crippen LogP contribution >= 0.6 is 0 Å². The molecule has 0 amide bonds. The molecular formula is C9H17BO3. The number of ether oxygens (including phenoxy) is 3. The van der Waals surface area contributed by atoms with E-state index in [0.29, 0.717) is 6.61 Å². The minimum Gasteiger partial charge on any atom is -0.382 e. The smallest absolute Gasteiger partial charge is 0.109 e. The minimum absolute atomic E-state index is 0.0117. The van der Waals surface area contributed by atoms with Gasteiger partial charge in [0.15, 0.2) is 0 Å². The van der Waals surface area contributed by atoms with Crippen molar-refractivity contribution in [3.8, 4) is 0 Å². The van der Waals surface area contributed by atoms with Gasteiger partial charge in [-0.3, -0.25) is 0 Å². The van der Waals surface area contributed by atoms with Crippen molar-refractivity contribution in [2.45, 2.75) is 44.6 Å². The molecule has 0 saturated carbocycles. The molecule has 1 heterocycles. The van der Waals surface area contributed by atoms with E-state index in [0.717, 1.165) is 6.42 Å². The van der Waals surface area contributed by atoms with Gasteiger partial charge in [-0.1, -0.05) is 0 Å². The Morgan fingerprint density at radius 1 is 1.54 bits per heavy atom.